The number of urea groups is 1. The molecule has 2 atom stereocenters. The molecule has 2 N–H and O–H groups in total. The number of carboxylic acid groups (broad SMARTS) is 1. The lowest BCUT2D eigenvalue weighted by molar-refractivity contribution is -0.146. The van der Waals surface area contributed by atoms with Crippen LogP contribution in [0.2, 0.25) is 0 Å². The zero-order valence-electron chi connectivity index (χ0n) is 12.7. The van der Waals surface area contributed by atoms with Crippen molar-refractivity contribution in [1.82, 2.24) is 10.2 Å². The Kier molecular flexibility index (Phi) is 3.98. The molecule has 1 saturated heterocycles. The predicted molar refractivity (Wildman–Crippen MR) is 76.5 cm³/mol. The Morgan fingerprint density at radius 3 is 2.45 bits per heavy atom. The van der Waals surface area contributed by atoms with E-state index in [1.807, 2.05) is 13.8 Å². The number of nitrogens with zero attached hydrogens (tertiary/aromatic N) is 1. The summed E-state index contributed by atoms with van der Waals surface area (Å²) >= 11 is 0. The molecule has 0 aromatic rings. The zero-order valence-corrected chi connectivity index (χ0v) is 12.7. The number of hydrogen-bond acceptors (Lipinski definition) is 2. The molecule has 1 aliphatic heterocycles. The molecule has 1 aliphatic carbocycles. The molecule has 1 heterocycles. The monoisotopic (exact) mass is 282 g/mol. The second-order valence-corrected chi connectivity index (χ2v) is 7.09. The summed E-state index contributed by atoms with van der Waals surface area (Å²) in [6.07, 6.45) is 4.92. The number of nitrogens with one attached hydrogen (secondary N) is 1. The van der Waals surface area contributed by atoms with E-state index in [9.17, 15) is 14.7 Å². The molecule has 2 amide bonds. The third-order valence-corrected chi connectivity index (χ3v) is 4.90. The Labute approximate surface area is 120 Å². The number of likely N-dealkylation sites (tertiary alicyclic amines) is 1. The van der Waals surface area contributed by atoms with Crippen molar-refractivity contribution in [2.45, 2.75) is 70.4 Å². The van der Waals surface area contributed by atoms with Crippen LogP contribution in [0, 0.1) is 5.92 Å². The van der Waals surface area contributed by atoms with Crippen LogP contribution in [0.4, 0.5) is 4.79 Å². The van der Waals surface area contributed by atoms with E-state index >= 15 is 0 Å². The maximum absolute atomic E-state index is 12.5. The molecule has 5 nitrogen and oxygen atoms in total. The van der Waals surface area contributed by atoms with Crippen LogP contribution in [-0.2, 0) is 4.79 Å². The van der Waals surface area contributed by atoms with Gasteiger partial charge in [-0.15, -0.1) is 0 Å². The largest absolute Gasteiger partial charge is 0.480 e. The number of rotatable bonds is 2. The van der Waals surface area contributed by atoms with Gasteiger partial charge < -0.3 is 15.3 Å². The first-order valence-corrected chi connectivity index (χ1v) is 7.60. The number of carboxylic acids is 1. The van der Waals surface area contributed by atoms with Crippen molar-refractivity contribution >= 4 is 12.0 Å². The first-order valence-electron chi connectivity index (χ1n) is 7.60. The zero-order chi connectivity index (χ0) is 15.0. The van der Waals surface area contributed by atoms with Gasteiger partial charge in [0.25, 0.3) is 0 Å². The van der Waals surface area contributed by atoms with Gasteiger partial charge in [-0.25, -0.2) is 9.59 Å². The second-order valence-electron chi connectivity index (χ2n) is 7.09. The van der Waals surface area contributed by atoms with E-state index in [4.69, 9.17) is 0 Å². The summed E-state index contributed by atoms with van der Waals surface area (Å²) in [7, 11) is 0. The van der Waals surface area contributed by atoms with Crippen LogP contribution < -0.4 is 5.32 Å². The van der Waals surface area contributed by atoms with Crippen molar-refractivity contribution in [2.24, 2.45) is 5.92 Å². The van der Waals surface area contributed by atoms with Gasteiger partial charge in [0.2, 0.25) is 0 Å². The minimum Gasteiger partial charge on any atom is -0.480 e. The third kappa shape index (κ3) is 2.76. The SMILES string of the molecule is CC1CCCC(NC(=O)N2CCCC2(C)C)(C(=O)O)C1. The first-order chi connectivity index (χ1) is 9.27. The van der Waals surface area contributed by atoms with Gasteiger partial charge >= 0.3 is 12.0 Å². The Hall–Kier alpha value is -1.26. The van der Waals surface area contributed by atoms with Crippen molar-refractivity contribution in [1.29, 1.82) is 0 Å². The molecular formula is C15H26N2O3. The van der Waals surface area contributed by atoms with Crippen molar-refractivity contribution in [3.05, 3.63) is 0 Å². The van der Waals surface area contributed by atoms with Crippen LogP contribution in [0.5, 0.6) is 0 Å². The molecular weight excluding hydrogens is 256 g/mol. The van der Waals surface area contributed by atoms with Crippen molar-refractivity contribution in [3.63, 3.8) is 0 Å². The Morgan fingerprint density at radius 1 is 1.25 bits per heavy atom. The summed E-state index contributed by atoms with van der Waals surface area (Å²) in [6.45, 7) is 6.85. The number of aliphatic carboxylic acids is 1. The summed E-state index contributed by atoms with van der Waals surface area (Å²) in [5.41, 5.74) is -1.25. The van der Waals surface area contributed by atoms with Gasteiger partial charge in [-0.05, 0) is 45.4 Å². The molecule has 20 heavy (non-hydrogen) atoms. The van der Waals surface area contributed by atoms with E-state index < -0.39 is 11.5 Å². The first kappa shape index (κ1) is 15.1. The Morgan fingerprint density at radius 2 is 1.95 bits per heavy atom. The van der Waals surface area contributed by atoms with Crippen molar-refractivity contribution in [3.8, 4) is 0 Å². The Balaban J connectivity index is 2.12. The van der Waals surface area contributed by atoms with Gasteiger partial charge in [0, 0.05) is 12.1 Å². The highest BCUT2D eigenvalue weighted by Crippen LogP contribution is 2.34. The molecule has 2 fully saturated rings. The highest BCUT2D eigenvalue weighted by molar-refractivity contribution is 5.86. The smallest absolute Gasteiger partial charge is 0.329 e. The van der Waals surface area contributed by atoms with E-state index in [1.54, 1.807) is 4.90 Å². The van der Waals surface area contributed by atoms with Crippen molar-refractivity contribution in [2.75, 3.05) is 6.54 Å². The summed E-state index contributed by atoms with van der Waals surface area (Å²) in [5.74, 6) is -0.554. The minimum absolute atomic E-state index is 0.177. The molecule has 2 aliphatic rings. The van der Waals surface area contributed by atoms with Gasteiger partial charge in [-0.1, -0.05) is 19.8 Å². The van der Waals surface area contributed by atoms with Crippen LogP contribution in [0.25, 0.3) is 0 Å². The molecule has 5 heteroatoms. The molecule has 0 aromatic heterocycles. The maximum Gasteiger partial charge on any atom is 0.329 e. The Bertz CT molecular complexity index is 408. The summed E-state index contributed by atoms with van der Waals surface area (Å²) in [5, 5.41) is 12.4. The van der Waals surface area contributed by atoms with Crippen LogP contribution in [0.3, 0.4) is 0 Å². The van der Waals surface area contributed by atoms with E-state index in [1.165, 1.54) is 0 Å². The van der Waals surface area contributed by atoms with Crippen LogP contribution in [0.1, 0.15) is 59.3 Å². The fraction of sp³-hybridized carbons (Fsp3) is 0.867. The maximum atomic E-state index is 12.5. The van der Waals surface area contributed by atoms with Crippen molar-refractivity contribution < 1.29 is 14.7 Å². The number of carbonyl (C=O) groups excluding carboxylic acids is 1. The fourth-order valence-electron chi connectivity index (χ4n) is 3.67. The summed E-state index contributed by atoms with van der Waals surface area (Å²) in [6, 6.07) is -0.219. The average Bonchev–Trinajstić information content (AvgIpc) is 2.68. The van der Waals surface area contributed by atoms with E-state index in [2.05, 4.69) is 12.2 Å². The predicted octanol–water partition coefficient (Wildman–Crippen LogP) is 2.60. The molecule has 114 valence electrons. The highest BCUT2D eigenvalue weighted by atomic mass is 16.4. The molecule has 0 aromatic carbocycles. The standard InChI is InChI=1S/C15H26N2O3/c1-11-6-4-8-15(10-11,12(18)19)16-13(20)17-9-5-7-14(17,2)3/h11H,4-10H2,1-3H3,(H,16,20)(H,18,19). The lowest BCUT2D eigenvalue weighted by atomic mass is 9.76. The number of amides is 2. The third-order valence-electron chi connectivity index (χ3n) is 4.90. The molecule has 2 rings (SSSR count). The van der Waals surface area contributed by atoms with Gasteiger partial charge in [-0.3, -0.25) is 0 Å². The molecule has 1 saturated carbocycles. The lowest BCUT2D eigenvalue weighted by Crippen LogP contribution is -2.61. The average molecular weight is 282 g/mol. The van der Waals surface area contributed by atoms with Gasteiger partial charge in [0.15, 0.2) is 0 Å². The quantitative estimate of drug-likeness (QED) is 0.818. The fourth-order valence-corrected chi connectivity index (χ4v) is 3.67. The van der Waals surface area contributed by atoms with Crippen LogP contribution >= 0.6 is 0 Å². The molecule has 0 radical (unpaired) electrons. The molecule has 0 bridgehead atoms. The van der Waals surface area contributed by atoms with E-state index in [0.29, 0.717) is 25.3 Å². The van der Waals surface area contributed by atoms with Gasteiger partial charge in [0.05, 0.1) is 0 Å². The molecule has 2 unspecified atom stereocenters. The summed E-state index contributed by atoms with van der Waals surface area (Å²) < 4.78 is 0. The van der Waals surface area contributed by atoms with Gasteiger partial charge in [0.1, 0.15) is 5.54 Å². The van der Waals surface area contributed by atoms with Crippen LogP contribution in [-0.4, -0.2) is 39.6 Å². The number of hydrogen-bond donors (Lipinski definition) is 2. The van der Waals surface area contributed by atoms with E-state index in [-0.39, 0.29) is 11.6 Å². The van der Waals surface area contributed by atoms with Crippen LogP contribution in [0.15, 0.2) is 0 Å². The normalized spacial score (nSPS) is 33.0. The second kappa shape index (κ2) is 5.26. The lowest BCUT2D eigenvalue weighted by Gasteiger charge is -2.40. The van der Waals surface area contributed by atoms with E-state index in [0.717, 1.165) is 25.7 Å². The van der Waals surface area contributed by atoms with Gasteiger partial charge in [-0.2, -0.15) is 0 Å². The number of carbonyl (C=O) groups is 2. The topological polar surface area (TPSA) is 69.6 Å². The minimum atomic E-state index is -1.08. The summed E-state index contributed by atoms with van der Waals surface area (Å²) in [4.78, 5) is 26.0. The molecule has 0 spiro atoms. The highest BCUT2D eigenvalue weighted by Gasteiger charge is 2.46.